The van der Waals surface area contributed by atoms with E-state index in [1.807, 2.05) is 51.2 Å². The molecule has 166 valence electrons. The van der Waals surface area contributed by atoms with E-state index in [0.717, 1.165) is 49.3 Å². The van der Waals surface area contributed by atoms with Crippen LogP contribution in [0.4, 0.5) is 0 Å². The third kappa shape index (κ3) is 11.6. The molecule has 0 heterocycles. The molecule has 1 rings (SSSR count). The minimum Gasteiger partial charge on any atom is -0.352 e. The average Bonchev–Trinajstić information content (AvgIpc) is 2.62. The molecule has 2 N–H and O–H groups in total. The van der Waals surface area contributed by atoms with Crippen LogP contribution in [0.3, 0.4) is 0 Å². The predicted octanol–water partition coefficient (Wildman–Crippen LogP) is 3.89. The summed E-state index contributed by atoms with van der Waals surface area (Å²) in [4.78, 5) is 6.45. The topological polar surface area (TPSA) is 73.8 Å². The Bertz CT molecular complexity index is 736. The minimum atomic E-state index is -3.36. The third-order valence-electron chi connectivity index (χ3n) is 4.29. The fourth-order valence-corrected chi connectivity index (χ4v) is 4.45. The Morgan fingerprint density at radius 1 is 1.21 bits per heavy atom. The Morgan fingerprint density at radius 2 is 1.86 bits per heavy atom. The number of halogens is 1. The first-order valence-corrected chi connectivity index (χ1v) is 11.5. The van der Waals surface area contributed by atoms with E-state index in [1.165, 1.54) is 0 Å². The largest absolute Gasteiger partial charge is 0.352 e. The van der Waals surface area contributed by atoms with Gasteiger partial charge < -0.3 is 10.2 Å². The highest BCUT2D eigenvalue weighted by Gasteiger charge is 2.15. The molecule has 0 aromatic heterocycles. The quantitative estimate of drug-likeness (QED) is 0.140. The van der Waals surface area contributed by atoms with Gasteiger partial charge in [0, 0.05) is 33.2 Å². The summed E-state index contributed by atoms with van der Waals surface area (Å²) >= 11 is 0. The molecular formula is C21H37IN4O2S. The van der Waals surface area contributed by atoms with E-state index in [2.05, 4.69) is 26.5 Å². The number of allylic oxidation sites excluding steroid dienone is 1. The van der Waals surface area contributed by atoms with Gasteiger partial charge in [0.25, 0.3) is 0 Å². The van der Waals surface area contributed by atoms with Crippen molar-refractivity contribution in [1.82, 2.24) is 14.9 Å². The molecule has 1 aromatic rings. The number of hydrogen-bond donors (Lipinski definition) is 2. The number of nitrogens with zero attached hydrogens (tertiary/aromatic N) is 2. The van der Waals surface area contributed by atoms with Crippen LogP contribution in [-0.4, -0.2) is 46.0 Å². The second kappa shape index (κ2) is 14.8. The normalized spacial score (nSPS) is 11.8. The van der Waals surface area contributed by atoms with Gasteiger partial charge in [-0.15, -0.1) is 30.6 Å². The highest BCUT2D eigenvalue weighted by Crippen LogP contribution is 2.13. The van der Waals surface area contributed by atoms with Gasteiger partial charge in [-0.1, -0.05) is 36.8 Å². The van der Waals surface area contributed by atoms with Crippen LogP contribution >= 0.6 is 24.0 Å². The number of benzene rings is 1. The van der Waals surface area contributed by atoms with Crippen LogP contribution in [0.5, 0.6) is 0 Å². The number of sulfonamides is 1. The summed E-state index contributed by atoms with van der Waals surface area (Å²) in [6, 6.07) is 7.50. The maximum absolute atomic E-state index is 12.3. The summed E-state index contributed by atoms with van der Waals surface area (Å²) in [6.45, 7) is 8.84. The van der Waals surface area contributed by atoms with Gasteiger partial charge in [0.05, 0.1) is 5.75 Å². The molecule has 0 spiro atoms. The van der Waals surface area contributed by atoms with Crippen molar-refractivity contribution < 1.29 is 8.42 Å². The van der Waals surface area contributed by atoms with E-state index in [-0.39, 0.29) is 35.8 Å². The monoisotopic (exact) mass is 536 g/mol. The van der Waals surface area contributed by atoms with E-state index in [9.17, 15) is 8.42 Å². The lowest BCUT2D eigenvalue weighted by Crippen LogP contribution is -2.39. The van der Waals surface area contributed by atoms with Crippen molar-refractivity contribution in [2.45, 2.75) is 57.9 Å². The molecule has 6 nitrogen and oxygen atoms in total. The van der Waals surface area contributed by atoms with Crippen molar-refractivity contribution in [2.75, 3.05) is 20.6 Å². The number of hydrogen-bond acceptors (Lipinski definition) is 3. The van der Waals surface area contributed by atoms with Crippen LogP contribution < -0.4 is 10.0 Å². The van der Waals surface area contributed by atoms with E-state index in [0.29, 0.717) is 6.54 Å². The fourth-order valence-electron chi connectivity index (χ4n) is 2.96. The number of guanidine groups is 1. The minimum absolute atomic E-state index is 0. The van der Waals surface area contributed by atoms with Crippen molar-refractivity contribution in [3.63, 3.8) is 0 Å². The fraction of sp³-hybridized carbons (Fsp3) is 0.571. The zero-order valence-corrected chi connectivity index (χ0v) is 21.3. The Morgan fingerprint density at radius 3 is 2.45 bits per heavy atom. The lowest BCUT2D eigenvalue weighted by Gasteiger charge is -2.22. The van der Waals surface area contributed by atoms with Crippen LogP contribution in [0.2, 0.25) is 0 Å². The molecule has 0 bridgehead atoms. The predicted molar refractivity (Wildman–Crippen MR) is 134 cm³/mol. The molecule has 1 aromatic carbocycles. The maximum atomic E-state index is 12.3. The summed E-state index contributed by atoms with van der Waals surface area (Å²) < 4.78 is 27.2. The maximum Gasteiger partial charge on any atom is 0.216 e. The van der Waals surface area contributed by atoms with Crippen molar-refractivity contribution in [3.05, 3.63) is 48.0 Å². The van der Waals surface area contributed by atoms with Gasteiger partial charge in [-0.3, -0.25) is 4.99 Å². The highest BCUT2D eigenvalue weighted by atomic mass is 127. The van der Waals surface area contributed by atoms with Gasteiger partial charge in [0.1, 0.15) is 0 Å². The molecule has 0 aliphatic heterocycles. The number of unbranched alkanes of at least 4 members (excludes halogenated alkanes) is 3. The molecule has 8 heteroatoms. The molecule has 0 atom stereocenters. The molecule has 0 aliphatic carbocycles. The number of nitrogens with one attached hydrogen (secondary N) is 2. The summed E-state index contributed by atoms with van der Waals surface area (Å²) in [5.74, 6) is 0.780. The summed E-state index contributed by atoms with van der Waals surface area (Å²) in [5.41, 5.74) is 1.75. The van der Waals surface area contributed by atoms with Gasteiger partial charge in [-0.25, -0.2) is 13.1 Å². The highest BCUT2D eigenvalue weighted by molar-refractivity contribution is 14.0. The van der Waals surface area contributed by atoms with Gasteiger partial charge in [-0.05, 0) is 44.2 Å². The zero-order chi connectivity index (χ0) is 21.0. The summed E-state index contributed by atoms with van der Waals surface area (Å²) in [6.07, 6.45) is 6.44. The zero-order valence-electron chi connectivity index (χ0n) is 18.1. The number of aliphatic imine (C=N–C) groups is 1. The Kier molecular flexibility index (Phi) is 14.2. The van der Waals surface area contributed by atoms with Crippen LogP contribution in [0.15, 0.2) is 41.9 Å². The standard InChI is InChI=1S/C21H36N4O2S.HI/c1-6-7-8-9-12-15-25(5)21(22-4)23-16-19-13-10-11-14-20(19)17-28(26,27)24-18(2)3;/h6,10-11,13-14,18,24H,1,7-9,12,15-17H2,2-5H3,(H,22,23);1H. The van der Waals surface area contributed by atoms with Gasteiger partial charge in [0.2, 0.25) is 10.0 Å². The first-order chi connectivity index (χ1) is 13.3. The first-order valence-electron chi connectivity index (χ1n) is 9.88. The van der Waals surface area contributed by atoms with Crippen molar-refractivity contribution in [1.29, 1.82) is 0 Å². The second-order valence-corrected chi connectivity index (χ2v) is 9.01. The third-order valence-corrected chi connectivity index (χ3v) is 5.81. The Hall–Kier alpha value is -1.13. The van der Waals surface area contributed by atoms with Crippen LogP contribution in [-0.2, 0) is 22.3 Å². The van der Waals surface area contributed by atoms with Gasteiger partial charge in [-0.2, -0.15) is 0 Å². The van der Waals surface area contributed by atoms with Crippen LogP contribution in [0, 0.1) is 0 Å². The molecule has 0 unspecified atom stereocenters. The van der Waals surface area contributed by atoms with E-state index < -0.39 is 10.0 Å². The molecule has 0 fully saturated rings. The Balaban J connectivity index is 0.00000784. The molecule has 0 saturated carbocycles. The van der Waals surface area contributed by atoms with Gasteiger partial charge in [0.15, 0.2) is 5.96 Å². The Labute approximate surface area is 194 Å². The molecule has 0 radical (unpaired) electrons. The van der Waals surface area contributed by atoms with Crippen LogP contribution in [0.1, 0.15) is 50.7 Å². The summed E-state index contributed by atoms with van der Waals surface area (Å²) in [7, 11) is 0.421. The van der Waals surface area contributed by atoms with E-state index in [4.69, 9.17) is 0 Å². The molecular weight excluding hydrogens is 499 g/mol. The van der Waals surface area contributed by atoms with Crippen molar-refractivity contribution in [2.24, 2.45) is 4.99 Å². The smallest absolute Gasteiger partial charge is 0.216 e. The van der Waals surface area contributed by atoms with Crippen molar-refractivity contribution >= 4 is 40.0 Å². The summed E-state index contributed by atoms with van der Waals surface area (Å²) in [5, 5.41) is 3.35. The van der Waals surface area contributed by atoms with Crippen molar-refractivity contribution in [3.8, 4) is 0 Å². The van der Waals surface area contributed by atoms with E-state index >= 15 is 0 Å². The molecule has 0 amide bonds. The lowest BCUT2D eigenvalue weighted by molar-refractivity contribution is 0.455. The number of rotatable bonds is 12. The van der Waals surface area contributed by atoms with Crippen LogP contribution in [0.25, 0.3) is 0 Å². The van der Waals surface area contributed by atoms with Gasteiger partial charge >= 0.3 is 0 Å². The molecule has 0 saturated heterocycles. The average molecular weight is 537 g/mol. The SMILES string of the molecule is C=CCCCCCN(C)C(=NC)NCc1ccccc1CS(=O)(=O)NC(C)C.I. The molecule has 0 aliphatic rings. The van der Waals surface area contributed by atoms with E-state index in [1.54, 1.807) is 7.05 Å². The molecule has 29 heavy (non-hydrogen) atoms. The first kappa shape index (κ1) is 27.9. The lowest BCUT2D eigenvalue weighted by atomic mass is 10.1. The second-order valence-electron chi connectivity index (χ2n) is 7.26.